The number of benzene rings is 1. The molecule has 1 aliphatic carbocycles. The molecule has 2 amide bonds. The summed E-state index contributed by atoms with van der Waals surface area (Å²) < 4.78 is 38.4. The van der Waals surface area contributed by atoms with Gasteiger partial charge in [-0.3, -0.25) is 19.4 Å². The third-order valence-electron chi connectivity index (χ3n) is 4.38. The summed E-state index contributed by atoms with van der Waals surface area (Å²) in [6.07, 6.45) is -2.14. The smallest absolute Gasteiger partial charge is 0.323 e. The fraction of sp³-hybridized carbons (Fsp3) is 0.500. The van der Waals surface area contributed by atoms with Gasteiger partial charge in [-0.2, -0.15) is 13.2 Å². The van der Waals surface area contributed by atoms with Gasteiger partial charge < -0.3 is 5.32 Å². The number of nitrogens with zero attached hydrogens (tertiary/aromatic N) is 2. The molecule has 1 aromatic rings. The molecule has 0 bridgehead atoms. The summed E-state index contributed by atoms with van der Waals surface area (Å²) in [6, 6.07) is 6.55. The number of halogens is 3. The molecule has 5 nitrogen and oxygen atoms in total. The van der Waals surface area contributed by atoms with Gasteiger partial charge in [0.15, 0.2) is 0 Å². The number of carbonyl (C=O) groups is 2. The Hall–Kier alpha value is -2.09. The fourth-order valence-electron chi connectivity index (χ4n) is 3.01. The Balaban J connectivity index is 1.76. The number of hydrogen-bond donors (Lipinski definition) is 1. The zero-order valence-electron chi connectivity index (χ0n) is 13.0. The van der Waals surface area contributed by atoms with Crippen molar-refractivity contribution in [2.45, 2.75) is 31.5 Å². The van der Waals surface area contributed by atoms with Crippen molar-refractivity contribution in [3.8, 4) is 0 Å². The minimum absolute atomic E-state index is 0.180. The van der Waals surface area contributed by atoms with E-state index in [9.17, 15) is 22.8 Å². The van der Waals surface area contributed by atoms with Crippen LogP contribution in [0.1, 0.15) is 19.3 Å². The Bertz CT molecular complexity index is 644. The minimum atomic E-state index is -4.35. The van der Waals surface area contributed by atoms with Gasteiger partial charge in [0.05, 0.1) is 24.5 Å². The highest BCUT2D eigenvalue weighted by molar-refractivity contribution is 6.10. The summed E-state index contributed by atoms with van der Waals surface area (Å²) in [5, 5.41) is 2.65. The summed E-state index contributed by atoms with van der Waals surface area (Å²) in [5.41, 5.74) is 1.01. The van der Waals surface area contributed by atoms with Gasteiger partial charge in [0, 0.05) is 6.04 Å². The first kappa shape index (κ1) is 16.8. The molecule has 0 unspecified atom stereocenters. The van der Waals surface area contributed by atoms with E-state index in [0.29, 0.717) is 24.2 Å². The maximum atomic E-state index is 12.8. The summed E-state index contributed by atoms with van der Waals surface area (Å²) in [4.78, 5) is 26.8. The van der Waals surface area contributed by atoms with Crippen LogP contribution in [0.4, 0.5) is 24.5 Å². The largest absolute Gasteiger partial charge is 0.401 e. The van der Waals surface area contributed by atoms with Gasteiger partial charge in [0.1, 0.15) is 6.54 Å². The standard InChI is InChI=1S/C16H18F3N3O2/c17-16(18,19)10-21(11-4-3-5-11)9-15(24)22-8-14(23)20-12-6-1-2-7-13(12)22/h1-2,6-7,11H,3-5,8-10H2,(H,20,23). The molecule has 8 heteroatoms. The van der Waals surface area contributed by atoms with Crippen LogP contribution in [0.5, 0.6) is 0 Å². The molecular weight excluding hydrogens is 323 g/mol. The van der Waals surface area contributed by atoms with E-state index in [0.717, 1.165) is 6.42 Å². The van der Waals surface area contributed by atoms with Crippen molar-refractivity contribution in [2.75, 3.05) is 29.9 Å². The number of hydrogen-bond acceptors (Lipinski definition) is 3. The molecule has 1 fully saturated rings. The zero-order chi connectivity index (χ0) is 17.3. The normalized spacial score (nSPS) is 18.2. The van der Waals surface area contributed by atoms with E-state index in [1.54, 1.807) is 24.3 Å². The maximum Gasteiger partial charge on any atom is 0.401 e. The molecule has 130 valence electrons. The number of fused-ring (bicyclic) bond motifs is 1. The van der Waals surface area contributed by atoms with Crippen molar-refractivity contribution in [1.82, 2.24) is 4.90 Å². The molecule has 1 saturated carbocycles. The number of alkyl halides is 3. The van der Waals surface area contributed by atoms with Crippen molar-refractivity contribution in [3.05, 3.63) is 24.3 Å². The molecule has 1 aliphatic heterocycles. The van der Waals surface area contributed by atoms with Gasteiger partial charge in [-0.15, -0.1) is 0 Å². The fourth-order valence-corrected chi connectivity index (χ4v) is 3.01. The monoisotopic (exact) mass is 341 g/mol. The van der Waals surface area contributed by atoms with Crippen LogP contribution in [0.15, 0.2) is 24.3 Å². The van der Waals surface area contributed by atoms with Crippen molar-refractivity contribution >= 4 is 23.2 Å². The number of nitrogens with one attached hydrogen (secondary N) is 1. The van der Waals surface area contributed by atoms with Crippen LogP contribution in [0.25, 0.3) is 0 Å². The van der Waals surface area contributed by atoms with Gasteiger partial charge in [-0.05, 0) is 25.0 Å². The Morgan fingerprint density at radius 2 is 2.00 bits per heavy atom. The number of amides is 2. The Kier molecular flexibility index (Phi) is 4.49. The molecule has 2 aliphatic rings. The third-order valence-corrected chi connectivity index (χ3v) is 4.38. The average molecular weight is 341 g/mol. The van der Waals surface area contributed by atoms with Crippen LogP contribution in [0.3, 0.4) is 0 Å². The van der Waals surface area contributed by atoms with Gasteiger partial charge in [0.25, 0.3) is 0 Å². The highest BCUT2D eigenvalue weighted by atomic mass is 19.4. The molecule has 1 aromatic carbocycles. The molecule has 0 aromatic heterocycles. The maximum absolute atomic E-state index is 12.8. The zero-order valence-corrected chi connectivity index (χ0v) is 13.0. The summed E-state index contributed by atoms with van der Waals surface area (Å²) in [7, 11) is 0. The second-order valence-electron chi connectivity index (χ2n) is 6.15. The molecule has 0 radical (unpaired) electrons. The number of anilines is 2. The van der Waals surface area contributed by atoms with E-state index >= 15 is 0 Å². The van der Waals surface area contributed by atoms with Crippen LogP contribution in [0.2, 0.25) is 0 Å². The van der Waals surface area contributed by atoms with Crippen LogP contribution < -0.4 is 10.2 Å². The molecule has 3 rings (SSSR count). The van der Waals surface area contributed by atoms with Crippen LogP contribution >= 0.6 is 0 Å². The second kappa shape index (κ2) is 6.43. The summed E-state index contributed by atoms with van der Waals surface area (Å²) in [6.45, 7) is -1.63. The van der Waals surface area contributed by atoms with E-state index in [1.165, 1.54) is 9.80 Å². The Labute approximate surface area is 137 Å². The number of para-hydroxylation sites is 2. The van der Waals surface area contributed by atoms with E-state index in [4.69, 9.17) is 0 Å². The van der Waals surface area contributed by atoms with Crippen molar-refractivity contribution in [2.24, 2.45) is 0 Å². The highest BCUT2D eigenvalue weighted by Gasteiger charge is 2.38. The molecule has 1 heterocycles. The van der Waals surface area contributed by atoms with E-state index in [2.05, 4.69) is 5.32 Å². The van der Waals surface area contributed by atoms with Gasteiger partial charge in [0.2, 0.25) is 11.8 Å². The summed E-state index contributed by atoms with van der Waals surface area (Å²) >= 11 is 0. The van der Waals surface area contributed by atoms with E-state index < -0.39 is 18.6 Å². The van der Waals surface area contributed by atoms with Crippen molar-refractivity contribution < 1.29 is 22.8 Å². The Morgan fingerprint density at radius 3 is 2.62 bits per heavy atom. The first-order chi connectivity index (χ1) is 11.3. The molecular formula is C16H18F3N3O2. The van der Waals surface area contributed by atoms with Crippen LogP contribution in [-0.4, -0.2) is 48.6 Å². The molecule has 1 N–H and O–H groups in total. The third kappa shape index (κ3) is 3.69. The molecule has 0 spiro atoms. The SMILES string of the molecule is O=C1CN(C(=O)CN(CC(F)(F)F)C2CCC2)c2ccccc2N1. The second-order valence-corrected chi connectivity index (χ2v) is 6.15. The lowest BCUT2D eigenvalue weighted by molar-refractivity contribution is -0.156. The van der Waals surface area contributed by atoms with Gasteiger partial charge >= 0.3 is 6.18 Å². The molecule has 0 saturated heterocycles. The molecule has 0 atom stereocenters. The Morgan fingerprint density at radius 1 is 1.29 bits per heavy atom. The topological polar surface area (TPSA) is 52.7 Å². The summed E-state index contributed by atoms with van der Waals surface area (Å²) in [5.74, 6) is -0.846. The lowest BCUT2D eigenvalue weighted by Gasteiger charge is -2.39. The lowest BCUT2D eigenvalue weighted by atomic mass is 9.91. The van der Waals surface area contributed by atoms with Crippen molar-refractivity contribution in [3.63, 3.8) is 0 Å². The van der Waals surface area contributed by atoms with Crippen LogP contribution in [-0.2, 0) is 9.59 Å². The van der Waals surface area contributed by atoms with Gasteiger partial charge in [-0.25, -0.2) is 0 Å². The first-order valence-corrected chi connectivity index (χ1v) is 7.83. The van der Waals surface area contributed by atoms with Crippen molar-refractivity contribution in [1.29, 1.82) is 0 Å². The highest BCUT2D eigenvalue weighted by Crippen LogP contribution is 2.31. The minimum Gasteiger partial charge on any atom is -0.323 e. The van der Waals surface area contributed by atoms with Crippen LogP contribution in [0, 0.1) is 0 Å². The molecule has 24 heavy (non-hydrogen) atoms. The quantitative estimate of drug-likeness (QED) is 0.915. The lowest BCUT2D eigenvalue weighted by Crippen LogP contribution is -2.52. The predicted octanol–water partition coefficient (Wildman–Crippen LogP) is 2.39. The number of rotatable bonds is 4. The van der Waals surface area contributed by atoms with E-state index in [-0.39, 0.29) is 25.0 Å². The first-order valence-electron chi connectivity index (χ1n) is 7.83. The van der Waals surface area contributed by atoms with Gasteiger partial charge in [-0.1, -0.05) is 18.6 Å². The number of carbonyl (C=O) groups excluding carboxylic acids is 2. The average Bonchev–Trinajstić information content (AvgIpc) is 2.42. The van der Waals surface area contributed by atoms with E-state index in [1.807, 2.05) is 0 Å². The predicted molar refractivity (Wildman–Crippen MR) is 82.7 cm³/mol.